The molecule has 5 nitrogen and oxygen atoms in total. The molecule has 0 bridgehead atoms. The zero-order valence-electron chi connectivity index (χ0n) is 11.6. The van der Waals surface area contributed by atoms with Crippen LogP contribution in [-0.2, 0) is 11.2 Å². The molecule has 20 heavy (non-hydrogen) atoms. The highest BCUT2D eigenvalue weighted by Crippen LogP contribution is 2.38. The lowest BCUT2D eigenvalue weighted by Gasteiger charge is -2.40. The number of nitrogens with zero attached hydrogens (tertiary/aromatic N) is 1. The predicted molar refractivity (Wildman–Crippen MR) is 79.9 cm³/mol. The number of nitrogen functional groups attached to an aromatic ring is 1. The molecule has 1 aliphatic carbocycles. The Hall–Kier alpha value is -1.75. The number of nitrogens with two attached hydrogens (primary N) is 1. The zero-order valence-corrected chi connectivity index (χ0v) is 11.6. The summed E-state index contributed by atoms with van der Waals surface area (Å²) in [6.07, 6.45) is 4.75. The standard InChI is InChI=1S/C15H21N3O2/c16-12-7-10-8-15(20)17-13(10)9-14(12)18(5-2-6-19)11-3-1-4-11/h7,9,11,19H,1-6,8,16H2,(H,17,20). The Kier molecular flexibility index (Phi) is 3.53. The number of carbonyl (C=O) groups is 1. The van der Waals surface area contributed by atoms with Gasteiger partial charge >= 0.3 is 0 Å². The summed E-state index contributed by atoms with van der Waals surface area (Å²) >= 11 is 0. The second kappa shape index (κ2) is 5.32. The number of anilines is 3. The number of fused-ring (bicyclic) bond motifs is 1. The number of hydrogen-bond acceptors (Lipinski definition) is 4. The molecule has 0 atom stereocenters. The molecule has 1 saturated carbocycles. The normalized spacial score (nSPS) is 17.6. The van der Waals surface area contributed by atoms with Crippen LogP contribution in [0.15, 0.2) is 12.1 Å². The van der Waals surface area contributed by atoms with Crippen molar-refractivity contribution in [1.82, 2.24) is 0 Å². The fourth-order valence-corrected chi connectivity index (χ4v) is 2.97. The minimum Gasteiger partial charge on any atom is -0.397 e. The maximum Gasteiger partial charge on any atom is 0.228 e. The van der Waals surface area contributed by atoms with Crippen LogP contribution in [0.2, 0.25) is 0 Å². The lowest BCUT2D eigenvalue weighted by Crippen LogP contribution is -2.41. The first-order valence-corrected chi connectivity index (χ1v) is 7.29. The van der Waals surface area contributed by atoms with Gasteiger partial charge in [0.1, 0.15) is 0 Å². The highest BCUT2D eigenvalue weighted by molar-refractivity contribution is 6.01. The van der Waals surface area contributed by atoms with Gasteiger partial charge in [-0.2, -0.15) is 0 Å². The summed E-state index contributed by atoms with van der Waals surface area (Å²) in [6.45, 7) is 0.989. The van der Waals surface area contributed by atoms with Crippen molar-refractivity contribution in [3.63, 3.8) is 0 Å². The molecule has 0 unspecified atom stereocenters. The maximum atomic E-state index is 11.5. The molecular weight excluding hydrogens is 254 g/mol. The molecule has 3 rings (SSSR count). The van der Waals surface area contributed by atoms with E-state index in [9.17, 15) is 4.79 Å². The lowest BCUT2D eigenvalue weighted by atomic mass is 9.90. The molecule has 0 saturated heterocycles. The van der Waals surface area contributed by atoms with Crippen molar-refractivity contribution in [3.8, 4) is 0 Å². The van der Waals surface area contributed by atoms with Gasteiger partial charge < -0.3 is 21.1 Å². The van der Waals surface area contributed by atoms with Gasteiger partial charge in [-0.15, -0.1) is 0 Å². The van der Waals surface area contributed by atoms with Crippen molar-refractivity contribution in [2.24, 2.45) is 0 Å². The van der Waals surface area contributed by atoms with Crippen molar-refractivity contribution in [2.45, 2.75) is 38.1 Å². The second-order valence-corrected chi connectivity index (χ2v) is 5.65. The van der Waals surface area contributed by atoms with Crippen LogP contribution in [0.5, 0.6) is 0 Å². The smallest absolute Gasteiger partial charge is 0.228 e. The third-order valence-corrected chi connectivity index (χ3v) is 4.26. The Bertz CT molecular complexity index is 526. The van der Waals surface area contributed by atoms with E-state index in [-0.39, 0.29) is 12.5 Å². The molecule has 1 aliphatic heterocycles. The first kappa shape index (κ1) is 13.2. The fraction of sp³-hybridized carbons (Fsp3) is 0.533. The number of amides is 1. The zero-order chi connectivity index (χ0) is 14.1. The van der Waals surface area contributed by atoms with Crippen LogP contribution in [0.1, 0.15) is 31.2 Å². The molecule has 1 fully saturated rings. The highest BCUT2D eigenvalue weighted by atomic mass is 16.3. The molecule has 1 heterocycles. The van der Waals surface area contributed by atoms with Crippen molar-refractivity contribution >= 4 is 23.0 Å². The number of hydrogen-bond donors (Lipinski definition) is 3. The molecular formula is C15H21N3O2. The lowest BCUT2D eigenvalue weighted by molar-refractivity contribution is -0.115. The Balaban J connectivity index is 1.90. The van der Waals surface area contributed by atoms with Gasteiger partial charge in [0.15, 0.2) is 0 Å². The van der Waals surface area contributed by atoms with Crippen LogP contribution in [0.25, 0.3) is 0 Å². The Labute approximate surface area is 118 Å². The fourth-order valence-electron chi connectivity index (χ4n) is 2.97. The van der Waals surface area contributed by atoms with E-state index >= 15 is 0 Å². The minimum atomic E-state index is 0.0297. The number of aliphatic hydroxyl groups excluding tert-OH is 1. The summed E-state index contributed by atoms with van der Waals surface area (Å²) in [6, 6.07) is 4.41. The van der Waals surface area contributed by atoms with E-state index in [1.165, 1.54) is 19.3 Å². The van der Waals surface area contributed by atoms with Crippen LogP contribution in [0, 0.1) is 0 Å². The molecule has 1 aromatic carbocycles. The summed E-state index contributed by atoms with van der Waals surface area (Å²) in [4.78, 5) is 13.8. The van der Waals surface area contributed by atoms with Crippen molar-refractivity contribution in [3.05, 3.63) is 17.7 Å². The van der Waals surface area contributed by atoms with Gasteiger partial charge in [0.25, 0.3) is 0 Å². The first-order chi connectivity index (χ1) is 9.69. The SMILES string of the molecule is Nc1cc2c(cc1N(CCCO)C1CCC1)NC(=O)C2. The van der Waals surface area contributed by atoms with E-state index in [0.29, 0.717) is 12.5 Å². The Morgan fingerprint density at radius 2 is 2.20 bits per heavy atom. The Morgan fingerprint density at radius 3 is 2.85 bits per heavy atom. The van der Waals surface area contributed by atoms with Crippen LogP contribution < -0.4 is 16.0 Å². The molecule has 2 aliphatic rings. The molecule has 0 radical (unpaired) electrons. The average Bonchev–Trinajstić information content (AvgIpc) is 2.70. The van der Waals surface area contributed by atoms with Gasteiger partial charge in [0.2, 0.25) is 5.91 Å². The predicted octanol–water partition coefficient (Wildman–Crippen LogP) is 1.50. The highest BCUT2D eigenvalue weighted by Gasteiger charge is 2.28. The third-order valence-electron chi connectivity index (χ3n) is 4.26. The molecule has 5 heteroatoms. The van der Waals surface area contributed by atoms with Gasteiger partial charge in [-0.05, 0) is 43.4 Å². The van der Waals surface area contributed by atoms with E-state index < -0.39 is 0 Å². The summed E-state index contributed by atoms with van der Waals surface area (Å²) in [5.41, 5.74) is 9.76. The Morgan fingerprint density at radius 1 is 1.40 bits per heavy atom. The summed E-state index contributed by atoms with van der Waals surface area (Å²) in [5, 5.41) is 12.0. The molecule has 1 amide bonds. The van der Waals surface area contributed by atoms with Crippen molar-refractivity contribution in [2.75, 3.05) is 29.1 Å². The number of carbonyl (C=O) groups excluding carboxylic acids is 1. The van der Waals surface area contributed by atoms with E-state index in [1.807, 2.05) is 12.1 Å². The second-order valence-electron chi connectivity index (χ2n) is 5.65. The number of benzene rings is 1. The van der Waals surface area contributed by atoms with Crippen molar-refractivity contribution in [1.29, 1.82) is 0 Å². The van der Waals surface area contributed by atoms with Gasteiger partial charge in [-0.3, -0.25) is 4.79 Å². The number of rotatable bonds is 5. The first-order valence-electron chi connectivity index (χ1n) is 7.29. The average molecular weight is 275 g/mol. The van der Waals surface area contributed by atoms with Crippen LogP contribution in [0.3, 0.4) is 0 Å². The topological polar surface area (TPSA) is 78.6 Å². The number of nitrogens with one attached hydrogen (secondary N) is 1. The van der Waals surface area contributed by atoms with Crippen LogP contribution in [-0.4, -0.2) is 30.2 Å². The monoisotopic (exact) mass is 275 g/mol. The third kappa shape index (κ3) is 2.33. The van der Waals surface area contributed by atoms with Gasteiger partial charge in [0.05, 0.1) is 17.8 Å². The van der Waals surface area contributed by atoms with E-state index in [1.54, 1.807) is 0 Å². The largest absolute Gasteiger partial charge is 0.397 e. The van der Waals surface area contributed by atoms with E-state index in [0.717, 1.165) is 35.6 Å². The summed E-state index contributed by atoms with van der Waals surface area (Å²) < 4.78 is 0. The van der Waals surface area contributed by atoms with E-state index in [4.69, 9.17) is 10.8 Å². The quantitative estimate of drug-likeness (QED) is 0.712. The summed E-state index contributed by atoms with van der Waals surface area (Å²) in [7, 11) is 0. The van der Waals surface area contributed by atoms with Crippen molar-refractivity contribution < 1.29 is 9.90 Å². The molecule has 108 valence electrons. The van der Waals surface area contributed by atoms with Gasteiger partial charge in [0, 0.05) is 24.9 Å². The molecule has 4 N–H and O–H groups in total. The number of aliphatic hydroxyl groups is 1. The molecule has 0 spiro atoms. The van der Waals surface area contributed by atoms with Gasteiger partial charge in [-0.1, -0.05) is 0 Å². The maximum absolute atomic E-state index is 11.5. The van der Waals surface area contributed by atoms with Gasteiger partial charge in [-0.25, -0.2) is 0 Å². The van der Waals surface area contributed by atoms with Crippen LogP contribution >= 0.6 is 0 Å². The molecule has 1 aromatic rings. The van der Waals surface area contributed by atoms with E-state index in [2.05, 4.69) is 10.2 Å². The minimum absolute atomic E-state index is 0.0297. The summed E-state index contributed by atoms with van der Waals surface area (Å²) in [5.74, 6) is 0.0297. The van der Waals surface area contributed by atoms with Crippen LogP contribution in [0.4, 0.5) is 17.1 Å². The molecule has 0 aromatic heterocycles.